The number of H-pyrrole nitrogens is 1. The van der Waals surface area contributed by atoms with Gasteiger partial charge in [-0.1, -0.05) is 43.9 Å². The molecule has 1 aliphatic heterocycles. The minimum Gasteiger partial charge on any atom is -0.496 e. The molecule has 2 unspecified atom stereocenters. The number of rotatable bonds is 5. The first-order valence-electron chi connectivity index (χ1n) is 14.4. The lowest BCUT2D eigenvalue weighted by Gasteiger charge is -2.40. The Bertz CT molecular complexity index is 1820. The molecule has 0 aliphatic carbocycles. The van der Waals surface area contributed by atoms with E-state index in [2.05, 4.69) is 48.2 Å². The van der Waals surface area contributed by atoms with Crippen LogP contribution in [-0.4, -0.2) is 63.2 Å². The average molecular weight is 609 g/mol. The Kier molecular flexibility index (Phi) is 8.39. The summed E-state index contributed by atoms with van der Waals surface area (Å²) >= 11 is 0. The molecule has 2 atom stereocenters. The third kappa shape index (κ3) is 5.86. The van der Waals surface area contributed by atoms with E-state index in [9.17, 15) is 14.4 Å². The number of ether oxygens (including phenoxy) is 3. The normalized spacial score (nSPS) is 16.0. The smallest absolute Gasteiger partial charge is 0.337 e. The number of hydrogen-bond donors (Lipinski definition) is 1. The van der Waals surface area contributed by atoms with Crippen LogP contribution in [0.1, 0.15) is 38.8 Å². The van der Waals surface area contributed by atoms with Crippen molar-refractivity contribution in [3.63, 3.8) is 0 Å². The minimum atomic E-state index is -1.91. The van der Waals surface area contributed by atoms with Crippen LogP contribution < -0.4 is 4.74 Å². The Hall–Kier alpha value is -4.81. The molecule has 0 saturated carbocycles. The summed E-state index contributed by atoms with van der Waals surface area (Å²) in [6.07, 6.45) is 0.254. The number of nitrogens with zero attached hydrogens (tertiary/aromatic N) is 1. The first kappa shape index (κ1) is 30.6. The number of methoxy groups -OCH3 is 3. The van der Waals surface area contributed by atoms with E-state index in [4.69, 9.17) is 14.2 Å². The van der Waals surface area contributed by atoms with E-state index in [1.165, 1.54) is 19.1 Å². The van der Waals surface area contributed by atoms with Crippen molar-refractivity contribution >= 4 is 36.8 Å². The zero-order valence-electron chi connectivity index (χ0n) is 26.0. The van der Waals surface area contributed by atoms with Crippen LogP contribution in [0.3, 0.4) is 0 Å². The predicted octanol–water partition coefficient (Wildman–Crippen LogP) is 5.84. The molecule has 9 heteroatoms. The van der Waals surface area contributed by atoms with E-state index in [0.29, 0.717) is 11.1 Å². The number of aromatic nitrogens is 1. The van der Waals surface area contributed by atoms with Gasteiger partial charge in [-0.15, -0.1) is 5.54 Å². The van der Waals surface area contributed by atoms with Crippen molar-refractivity contribution in [2.45, 2.75) is 45.1 Å². The topological polar surface area (TPSA) is 97.9 Å². The molecule has 2 heterocycles. The second-order valence-electron chi connectivity index (χ2n) is 11.9. The first-order chi connectivity index (χ1) is 20.9. The summed E-state index contributed by atoms with van der Waals surface area (Å²) in [5.41, 5.74) is 9.91. The zero-order chi connectivity index (χ0) is 31.8. The van der Waals surface area contributed by atoms with Gasteiger partial charge in [-0.25, -0.2) is 9.59 Å². The molecular weight excluding hydrogens is 572 g/mol. The lowest BCUT2D eigenvalue weighted by Crippen LogP contribution is -2.51. The number of esters is 2. The fourth-order valence-electron chi connectivity index (χ4n) is 5.71. The molecule has 44 heavy (non-hydrogen) atoms. The molecule has 1 aliphatic rings. The summed E-state index contributed by atoms with van der Waals surface area (Å²) in [5, 5.41) is 0.955. The fourth-order valence-corrected chi connectivity index (χ4v) is 6.20. The largest absolute Gasteiger partial charge is 0.496 e. The van der Waals surface area contributed by atoms with Gasteiger partial charge in [-0.2, -0.15) is 0 Å². The minimum absolute atomic E-state index is 0.254. The molecule has 1 N–H and O–H groups in total. The fraction of sp³-hybridized carbons (Fsp3) is 0.286. The van der Waals surface area contributed by atoms with Crippen molar-refractivity contribution in [3.05, 3.63) is 88.6 Å². The van der Waals surface area contributed by atoms with Crippen LogP contribution in [0.25, 0.3) is 22.0 Å². The van der Waals surface area contributed by atoms with Crippen molar-refractivity contribution in [3.8, 4) is 28.3 Å². The van der Waals surface area contributed by atoms with Crippen LogP contribution in [0.2, 0.25) is 19.6 Å². The number of hydrogen-bond acceptors (Lipinski definition) is 6. The van der Waals surface area contributed by atoms with E-state index in [1.807, 2.05) is 31.2 Å². The van der Waals surface area contributed by atoms with Gasteiger partial charge in [0.1, 0.15) is 19.9 Å². The van der Waals surface area contributed by atoms with Crippen LogP contribution in [-0.2, 0) is 25.5 Å². The summed E-state index contributed by atoms with van der Waals surface area (Å²) in [7, 11) is 2.40. The highest BCUT2D eigenvalue weighted by Gasteiger charge is 2.44. The Morgan fingerprint density at radius 2 is 1.59 bits per heavy atom. The number of aryl methyl sites for hydroxylation is 1. The zero-order valence-corrected chi connectivity index (χ0v) is 27.0. The van der Waals surface area contributed by atoms with Crippen LogP contribution in [0.15, 0.2) is 60.7 Å². The van der Waals surface area contributed by atoms with Gasteiger partial charge < -0.3 is 24.1 Å². The SMILES string of the molecule is COC(=O)c1ccc(C2c3[nH]c4ccc(-c5ccc(OC)c(C)c5)cc4c3CC(C(=O)OC)N2C(=O)C#C[Si](C)(C)C)cc1. The highest BCUT2D eigenvalue weighted by atomic mass is 28.3. The van der Waals surface area contributed by atoms with Gasteiger partial charge in [-0.3, -0.25) is 4.79 Å². The molecule has 0 bridgehead atoms. The lowest BCUT2D eigenvalue weighted by atomic mass is 9.87. The molecule has 0 spiro atoms. The van der Waals surface area contributed by atoms with Crippen molar-refractivity contribution in [2.75, 3.05) is 21.3 Å². The van der Waals surface area contributed by atoms with E-state index >= 15 is 0 Å². The van der Waals surface area contributed by atoms with Crippen LogP contribution >= 0.6 is 0 Å². The maximum absolute atomic E-state index is 13.9. The predicted molar refractivity (Wildman–Crippen MR) is 172 cm³/mol. The van der Waals surface area contributed by atoms with Crippen LogP contribution in [0.4, 0.5) is 0 Å². The van der Waals surface area contributed by atoms with Gasteiger partial charge in [0.15, 0.2) is 0 Å². The molecule has 0 fully saturated rings. The summed E-state index contributed by atoms with van der Waals surface area (Å²) in [6, 6.07) is 17.5. The Morgan fingerprint density at radius 1 is 0.909 bits per heavy atom. The maximum Gasteiger partial charge on any atom is 0.337 e. The first-order valence-corrected chi connectivity index (χ1v) is 17.9. The molecule has 226 valence electrons. The van der Waals surface area contributed by atoms with Gasteiger partial charge in [0.25, 0.3) is 5.91 Å². The molecule has 0 radical (unpaired) electrons. The summed E-state index contributed by atoms with van der Waals surface area (Å²) in [6.45, 7) is 8.18. The number of amides is 1. The van der Waals surface area contributed by atoms with Gasteiger partial charge in [0, 0.05) is 23.0 Å². The summed E-state index contributed by atoms with van der Waals surface area (Å²) in [5.74, 6) is 2.22. The van der Waals surface area contributed by atoms with Gasteiger partial charge in [0.05, 0.1) is 32.9 Å². The average Bonchev–Trinajstić information content (AvgIpc) is 3.39. The second-order valence-corrected chi connectivity index (χ2v) is 16.7. The highest BCUT2D eigenvalue weighted by molar-refractivity contribution is 6.84. The molecule has 1 amide bonds. The van der Waals surface area contributed by atoms with Gasteiger partial charge in [0.2, 0.25) is 0 Å². The standard InChI is InChI=1S/C35H36N2O6Si/c1-21-18-24(13-15-30(21)41-2)25-12-14-28-26(19-25)27-20-29(35(40)43-4)37(31(38)16-17-44(5,6)7)33(32(27)36-28)22-8-10-23(11-9-22)34(39)42-3/h8-15,18-19,29,33,36H,20H2,1-7H3. The number of carbonyl (C=O) groups is 3. The molecule has 1 aromatic heterocycles. The van der Waals surface area contributed by atoms with Crippen molar-refractivity contribution in [1.82, 2.24) is 9.88 Å². The van der Waals surface area contributed by atoms with Crippen molar-refractivity contribution in [1.29, 1.82) is 0 Å². The Balaban J connectivity index is 1.72. The van der Waals surface area contributed by atoms with Crippen molar-refractivity contribution < 1.29 is 28.6 Å². The van der Waals surface area contributed by atoms with E-state index in [0.717, 1.165) is 44.6 Å². The Morgan fingerprint density at radius 3 is 2.20 bits per heavy atom. The highest BCUT2D eigenvalue weighted by Crippen LogP contribution is 2.42. The van der Waals surface area contributed by atoms with E-state index in [1.54, 1.807) is 31.4 Å². The number of aromatic amines is 1. The second kappa shape index (κ2) is 12.1. The lowest BCUT2D eigenvalue weighted by molar-refractivity contribution is -0.153. The molecule has 4 aromatic rings. The third-order valence-corrected chi connectivity index (χ3v) is 8.73. The van der Waals surface area contributed by atoms with E-state index in [-0.39, 0.29) is 6.42 Å². The number of nitrogens with one attached hydrogen (secondary N) is 1. The third-order valence-electron chi connectivity index (χ3n) is 7.85. The van der Waals surface area contributed by atoms with Crippen LogP contribution in [0.5, 0.6) is 5.75 Å². The Labute approximate surface area is 258 Å². The maximum atomic E-state index is 13.9. The molecule has 3 aromatic carbocycles. The molecule has 8 nitrogen and oxygen atoms in total. The molecular formula is C35H36N2O6Si. The van der Waals surface area contributed by atoms with Gasteiger partial charge >= 0.3 is 11.9 Å². The monoisotopic (exact) mass is 608 g/mol. The summed E-state index contributed by atoms with van der Waals surface area (Å²) < 4.78 is 15.6. The quantitative estimate of drug-likeness (QED) is 0.174. The number of carbonyl (C=O) groups excluding carboxylic acids is 3. The number of benzene rings is 3. The molecule has 5 rings (SSSR count). The number of fused-ring (bicyclic) bond motifs is 3. The summed E-state index contributed by atoms with van der Waals surface area (Å²) in [4.78, 5) is 44.5. The van der Waals surface area contributed by atoms with Crippen molar-refractivity contribution in [2.24, 2.45) is 0 Å². The molecule has 0 saturated heterocycles. The van der Waals surface area contributed by atoms with E-state index < -0.39 is 38.0 Å². The van der Waals surface area contributed by atoms with Gasteiger partial charge in [-0.05, 0) is 77.1 Å². The van der Waals surface area contributed by atoms with Crippen LogP contribution in [0, 0.1) is 18.4 Å².